The van der Waals surface area contributed by atoms with Gasteiger partial charge in [-0.1, -0.05) is 60.7 Å². The van der Waals surface area contributed by atoms with E-state index in [4.69, 9.17) is 9.84 Å². The minimum Gasteiger partial charge on any atom is -0.497 e. The van der Waals surface area contributed by atoms with Gasteiger partial charge in [0.1, 0.15) is 11.4 Å². The summed E-state index contributed by atoms with van der Waals surface area (Å²) in [5.41, 5.74) is 3.91. The van der Waals surface area contributed by atoms with Crippen LogP contribution in [0, 0.1) is 0 Å². The second-order valence-corrected chi connectivity index (χ2v) is 6.62. The number of nitrogens with zero attached hydrogens (tertiary/aromatic N) is 2. The lowest BCUT2D eigenvalue weighted by Crippen LogP contribution is -2.12. The maximum absolute atomic E-state index is 13.0. The molecule has 0 fully saturated rings. The van der Waals surface area contributed by atoms with Gasteiger partial charge < -0.3 is 10.1 Å². The minimum absolute atomic E-state index is 0.201. The van der Waals surface area contributed by atoms with Crippen molar-refractivity contribution in [2.24, 2.45) is 0 Å². The lowest BCUT2D eigenvalue weighted by atomic mass is 10.1. The van der Waals surface area contributed by atoms with Gasteiger partial charge in [0.05, 0.1) is 19.2 Å². The van der Waals surface area contributed by atoms with Gasteiger partial charge in [-0.2, -0.15) is 5.10 Å². The molecule has 1 heterocycles. The number of anilines is 1. The van der Waals surface area contributed by atoms with Crippen molar-refractivity contribution in [3.63, 3.8) is 0 Å². The van der Waals surface area contributed by atoms with Crippen molar-refractivity contribution in [1.82, 2.24) is 9.78 Å². The average Bonchev–Trinajstić information content (AvgIpc) is 3.19. The normalized spacial score (nSPS) is 10.5. The molecule has 0 saturated carbocycles. The molecule has 5 heteroatoms. The summed E-state index contributed by atoms with van der Waals surface area (Å²) in [7, 11) is 1.61. The molecule has 4 aromatic rings. The van der Waals surface area contributed by atoms with Crippen molar-refractivity contribution in [3.05, 3.63) is 102 Å². The molecule has 29 heavy (non-hydrogen) atoms. The molecular weight excluding hydrogens is 362 g/mol. The third-order valence-corrected chi connectivity index (χ3v) is 4.59. The Bertz CT molecular complexity index is 1090. The molecule has 144 valence electrons. The van der Waals surface area contributed by atoms with Gasteiger partial charge in [-0.15, -0.1) is 0 Å². The number of hydrogen-bond acceptors (Lipinski definition) is 3. The van der Waals surface area contributed by atoms with E-state index >= 15 is 0 Å². The Labute approximate surface area is 169 Å². The van der Waals surface area contributed by atoms with Gasteiger partial charge in [0.15, 0.2) is 0 Å². The second-order valence-electron chi connectivity index (χ2n) is 6.62. The van der Waals surface area contributed by atoms with Crippen LogP contribution in [-0.2, 0) is 6.54 Å². The number of carbonyl (C=O) groups excluding carboxylic acids is 1. The Morgan fingerprint density at radius 2 is 1.59 bits per heavy atom. The predicted octanol–water partition coefficient (Wildman–Crippen LogP) is 4.86. The number of carbonyl (C=O) groups is 1. The van der Waals surface area contributed by atoms with Crippen LogP contribution in [0.1, 0.15) is 15.9 Å². The summed E-state index contributed by atoms with van der Waals surface area (Å²) < 4.78 is 6.98. The Balaban J connectivity index is 1.65. The highest BCUT2D eigenvalue weighted by atomic mass is 16.5. The molecule has 0 aliphatic rings. The van der Waals surface area contributed by atoms with E-state index in [1.165, 1.54) is 0 Å². The third-order valence-electron chi connectivity index (χ3n) is 4.59. The summed E-state index contributed by atoms with van der Waals surface area (Å²) in [4.78, 5) is 13.0. The Hall–Kier alpha value is -3.86. The van der Waals surface area contributed by atoms with E-state index in [1.54, 1.807) is 18.0 Å². The van der Waals surface area contributed by atoms with Crippen LogP contribution in [0.25, 0.3) is 11.3 Å². The zero-order valence-corrected chi connectivity index (χ0v) is 16.1. The molecule has 1 amide bonds. The van der Waals surface area contributed by atoms with E-state index in [0.717, 1.165) is 16.9 Å². The lowest BCUT2D eigenvalue weighted by Gasteiger charge is -2.06. The van der Waals surface area contributed by atoms with Crippen LogP contribution in [0.5, 0.6) is 5.75 Å². The molecular formula is C24H21N3O2. The Kier molecular flexibility index (Phi) is 5.38. The molecule has 1 aromatic heterocycles. The summed E-state index contributed by atoms with van der Waals surface area (Å²) in [6.07, 6.45) is 1.80. The first-order chi connectivity index (χ1) is 14.2. The quantitative estimate of drug-likeness (QED) is 0.517. The van der Waals surface area contributed by atoms with E-state index < -0.39 is 0 Å². The minimum atomic E-state index is -0.201. The number of ether oxygens (including phenoxy) is 1. The van der Waals surface area contributed by atoms with Crippen molar-refractivity contribution in [3.8, 4) is 17.0 Å². The summed E-state index contributed by atoms with van der Waals surface area (Å²) in [6.45, 7) is 0.594. The fourth-order valence-electron chi connectivity index (χ4n) is 3.12. The van der Waals surface area contributed by atoms with E-state index in [2.05, 4.69) is 5.32 Å². The molecule has 0 spiro atoms. The number of nitrogens with one attached hydrogen (secondary N) is 1. The number of methoxy groups -OCH3 is 1. The van der Waals surface area contributed by atoms with Crippen molar-refractivity contribution in [2.45, 2.75) is 6.54 Å². The van der Waals surface area contributed by atoms with Crippen LogP contribution in [-0.4, -0.2) is 22.8 Å². The van der Waals surface area contributed by atoms with Crippen molar-refractivity contribution in [1.29, 1.82) is 0 Å². The van der Waals surface area contributed by atoms with Crippen LogP contribution in [0.2, 0.25) is 0 Å². The van der Waals surface area contributed by atoms with Crippen LogP contribution in [0.3, 0.4) is 0 Å². The van der Waals surface area contributed by atoms with E-state index in [0.29, 0.717) is 23.5 Å². The molecule has 0 saturated heterocycles. The van der Waals surface area contributed by atoms with Gasteiger partial charge in [-0.05, 0) is 29.8 Å². The highest BCUT2D eigenvalue weighted by molar-refractivity contribution is 6.08. The average molecular weight is 383 g/mol. The third kappa shape index (κ3) is 4.35. The molecule has 5 nitrogen and oxygen atoms in total. The molecule has 0 aliphatic heterocycles. The largest absolute Gasteiger partial charge is 0.497 e. The fraction of sp³-hybridized carbons (Fsp3) is 0.0833. The van der Waals surface area contributed by atoms with Crippen LogP contribution < -0.4 is 10.1 Å². The molecule has 0 aliphatic carbocycles. The first-order valence-corrected chi connectivity index (χ1v) is 9.35. The van der Waals surface area contributed by atoms with Crippen molar-refractivity contribution < 1.29 is 9.53 Å². The number of rotatable bonds is 6. The monoisotopic (exact) mass is 383 g/mol. The smallest absolute Gasteiger partial charge is 0.259 e. The summed E-state index contributed by atoms with van der Waals surface area (Å²) in [5.74, 6) is 0.539. The number of benzene rings is 3. The summed E-state index contributed by atoms with van der Waals surface area (Å²) in [6, 6.07) is 27.0. The van der Waals surface area contributed by atoms with Gasteiger partial charge in [-0.3, -0.25) is 9.48 Å². The van der Waals surface area contributed by atoms with Gasteiger partial charge in [0.2, 0.25) is 0 Å². The van der Waals surface area contributed by atoms with Gasteiger partial charge in [0, 0.05) is 17.4 Å². The molecule has 0 radical (unpaired) electrons. The van der Waals surface area contributed by atoms with Gasteiger partial charge in [0.25, 0.3) is 5.91 Å². The SMILES string of the molecule is COc1ccc(NC(=O)c2cn(Cc3ccccc3)nc2-c2ccccc2)cc1. The van der Waals surface area contributed by atoms with Gasteiger partial charge >= 0.3 is 0 Å². The number of aromatic nitrogens is 2. The van der Waals surface area contributed by atoms with Crippen LogP contribution in [0.15, 0.2) is 91.1 Å². The van der Waals surface area contributed by atoms with E-state index in [9.17, 15) is 4.79 Å². The fourth-order valence-corrected chi connectivity index (χ4v) is 3.12. The van der Waals surface area contributed by atoms with E-state index in [1.807, 2.05) is 84.9 Å². The summed E-state index contributed by atoms with van der Waals surface area (Å²) >= 11 is 0. The molecule has 0 unspecified atom stereocenters. The first-order valence-electron chi connectivity index (χ1n) is 9.35. The zero-order chi connectivity index (χ0) is 20.1. The Morgan fingerprint density at radius 3 is 2.24 bits per heavy atom. The highest BCUT2D eigenvalue weighted by Gasteiger charge is 2.18. The predicted molar refractivity (Wildman–Crippen MR) is 114 cm³/mol. The number of hydrogen-bond donors (Lipinski definition) is 1. The standard InChI is InChI=1S/C24H21N3O2/c1-29-21-14-12-20(13-15-21)25-24(28)22-17-27(16-18-8-4-2-5-9-18)26-23(22)19-10-6-3-7-11-19/h2-15,17H,16H2,1H3,(H,25,28). The maximum atomic E-state index is 13.0. The highest BCUT2D eigenvalue weighted by Crippen LogP contribution is 2.24. The topological polar surface area (TPSA) is 56.1 Å². The lowest BCUT2D eigenvalue weighted by molar-refractivity contribution is 0.102. The maximum Gasteiger partial charge on any atom is 0.259 e. The molecule has 0 atom stereocenters. The zero-order valence-electron chi connectivity index (χ0n) is 16.1. The first kappa shape index (κ1) is 18.5. The molecule has 1 N–H and O–H groups in total. The summed E-state index contributed by atoms with van der Waals surface area (Å²) in [5, 5.41) is 7.65. The van der Waals surface area contributed by atoms with Gasteiger partial charge in [-0.25, -0.2) is 0 Å². The second kappa shape index (κ2) is 8.44. The number of amides is 1. The molecule has 3 aromatic carbocycles. The van der Waals surface area contributed by atoms with Crippen LogP contribution in [0.4, 0.5) is 5.69 Å². The van der Waals surface area contributed by atoms with Crippen LogP contribution >= 0.6 is 0 Å². The Morgan fingerprint density at radius 1 is 0.931 bits per heavy atom. The van der Waals surface area contributed by atoms with Crippen molar-refractivity contribution >= 4 is 11.6 Å². The van der Waals surface area contributed by atoms with Crippen molar-refractivity contribution in [2.75, 3.05) is 12.4 Å². The van der Waals surface area contributed by atoms with E-state index in [-0.39, 0.29) is 5.91 Å². The molecule has 0 bridgehead atoms. The molecule has 4 rings (SSSR count).